The third-order valence-electron chi connectivity index (χ3n) is 13.9. The quantitative estimate of drug-likeness (QED) is 0.0195. The summed E-state index contributed by atoms with van der Waals surface area (Å²) in [6, 6.07) is -1.06. The number of allylic oxidation sites excluding steroid dienone is 25. The maximum atomic E-state index is 13.4. The second-order valence-corrected chi connectivity index (χ2v) is 21.4. The van der Waals surface area contributed by atoms with Gasteiger partial charge >= 0.3 is 5.97 Å². The number of aliphatic hydroxyl groups is 5. The van der Waals surface area contributed by atoms with Gasteiger partial charge in [0, 0.05) is 6.42 Å². The molecule has 1 saturated heterocycles. The Bertz CT molecular complexity index is 1950. The summed E-state index contributed by atoms with van der Waals surface area (Å²) in [4.78, 5) is 26.5. The fourth-order valence-corrected chi connectivity index (χ4v) is 8.91. The average molecular weight is 1150 g/mol. The summed E-state index contributed by atoms with van der Waals surface area (Å²) >= 11 is 0. The van der Waals surface area contributed by atoms with Crippen molar-refractivity contribution >= 4 is 11.9 Å². The molecule has 0 saturated carbocycles. The molecule has 0 aromatic heterocycles. The monoisotopic (exact) mass is 1150 g/mol. The van der Waals surface area contributed by atoms with E-state index in [4.69, 9.17) is 14.2 Å². The van der Waals surface area contributed by atoms with Crippen LogP contribution in [0.1, 0.15) is 220 Å². The number of hydrogen-bond donors (Lipinski definition) is 6. The molecule has 0 aliphatic carbocycles. The summed E-state index contributed by atoms with van der Waals surface area (Å²) in [5, 5.41) is 57.0. The Hall–Kier alpha value is -4.72. The van der Waals surface area contributed by atoms with Crippen LogP contribution in [0, 0.1) is 0 Å². The average Bonchev–Trinajstić information content (AvgIpc) is 3.52. The first-order valence-electron chi connectivity index (χ1n) is 32.3. The Kier molecular flexibility index (Phi) is 53.0. The lowest BCUT2D eigenvalue weighted by Gasteiger charge is -2.41. The second-order valence-electron chi connectivity index (χ2n) is 21.4. The van der Waals surface area contributed by atoms with Gasteiger partial charge in [-0.05, 0) is 116 Å². The van der Waals surface area contributed by atoms with Crippen molar-refractivity contribution in [2.24, 2.45) is 0 Å². The van der Waals surface area contributed by atoms with Crippen LogP contribution in [0.4, 0.5) is 0 Å². The van der Waals surface area contributed by atoms with E-state index in [9.17, 15) is 35.1 Å². The molecule has 1 aliphatic rings. The van der Waals surface area contributed by atoms with Gasteiger partial charge in [-0.15, -0.1) is 0 Å². The number of hydrogen-bond acceptors (Lipinski definition) is 10. The number of esters is 1. The van der Waals surface area contributed by atoms with Gasteiger partial charge in [0.25, 0.3) is 0 Å². The molecule has 0 spiro atoms. The molecule has 6 N–H and O–H groups in total. The fourth-order valence-electron chi connectivity index (χ4n) is 8.91. The van der Waals surface area contributed by atoms with Gasteiger partial charge in [0.15, 0.2) is 12.4 Å². The minimum absolute atomic E-state index is 0.0129. The molecule has 468 valence electrons. The van der Waals surface area contributed by atoms with Crippen molar-refractivity contribution < 1.29 is 49.3 Å². The van der Waals surface area contributed by atoms with Gasteiger partial charge in [-0.25, -0.2) is 0 Å². The molecular formula is C72H115NO10. The van der Waals surface area contributed by atoms with Gasteiger partial charge in [0.2, 0.25) is 5.91 Å². The largest absolute Gasteiger partial charge is 0.454 e. The Morgan fingerprint density at radius 3 is 1.30 bits per heavy atom. The van der Waals surface area contributed by atoms with Crippen LogP contribution in [0.2, 0.25) is 0 Å². The Labute approximate surface area is 504 Å². The first-order valence-corrected chi connectivity index (χ1v) is 32.3. The van der Waals surface area contributed by atoms with Crippen LogP contribution >= 0.6 is 0 Å². The van der Waals surface area contributed by atoms with Crippen LogP contribution in [0.3, 0.4) is 0 Å². The van der Waals surface area contributed by atoms with E-state index in [0.29, 0.717) is 19.3 Å². The van der Waals surface area contributed by atoms with Crippen LogP contribution in [0.15, 0.2) is 158 Å². The lowest BCUT2D eigenvalue weighted by Crippen LogP contribution is -2.61. The smallest absolute Gasteiger partial charge is 0.306 e. The van der Waals surface area contributed by atoms with Gasteiger partial charge in [-0.3, -0.25) is 9.59 Å². The van der Waals surface area contributed by atoms with E-state index in [0.717, 1.165) is 128 Å². The molecule has 1 amide bonds. The highest BCUT2D eigenvalue weighted by Crippen LogP contribution is 2.26. The Balaban J connectivity index is 2.69. The van der Waals surface area contributed by atoms with Crippen LogP contribution in [-0.4, -0.2) is 99.6 Å². The Morgan fingerprint density at radius 2 is 0.867 bits per heavy atom. The van der Waals surface area contributed by atoms with Crippen molar-refractivity contribution in [1.82, 2.24) is 5.32 Å². The third-order valence-corrected chi connectivity index (χ3v) is 13.9. The summed E-state index contributed by atoms with van der Waals surface area (Å²) in [6.07, 6.45) is 74.3. The molecule has 1 heterocycles. The predicted octanol–water partition coefficient (Wildman–Crippen LogP) is 15.9. The van der Waals surface area contributed by atoms with Crippen molar-refractivity contribution in [3.05, 3.63) is 158 Å². The van der Waals surface area contributed by atoms with E-state index < -0.39 is 67.4 Å². The predicted molar refractivity (Wildman–Crippen MR) is 347 cm³/mol. The maximum Gasteiger partial charge on any atom is 0.306 e. The lowest BCUT2D eigenvalue weighted by molar-refractivity contribution is -0.305. The zero-order chi connectivity index (χ0) is 60.3. The topological polar surface area (TPSA) is 175 Å². The van der Waals surface area contributed by atoms with Crippen LogP contribution in [0.5, 0.6) is 0 Å². The molecule has 83 heavy (non-hydrogen) atoms. The summed E-state index contributed by atoms with van der Waals surface area (Å²) in [5.41, 5.74) is 0. The molecule has 0 radical (unpaired) electrons. The number of amides is 1. The first-order chi connectivity index (χ1) is 40.7. The van der Waals surface area contributed by atoms with Crippen molar-refractivity contribution in [2.75, 3.05) is 13.2 Å². The second kappa shape index (κ2) is 57.7. The number of aliphatic hydroxyl groups excluding tert-OH is 5. The number of nitrogens with one attached hydrogen (secondary N) is 1. The molecule has 0 aromatic rings. The molecule has 8 atom stereocenters. The van der Waals surface area contributed by atoms with Crippen LogP contribution in [0.25, 0.3) is 0 Å². The van der Waals surface area contributed by atoms with Gasteiger partial charge in [-0.1, -0.05) is 256 Å². The van der Waals surface area contributed by atoms with E-state index in [1.54, 1.807) is 6.08 Å². The molecule has 8 unspecified atom stereocenters. The molecule has 0 aromatic carbocycles. The molecule has 1 rings (SSSR count). The number of rotatable bonds is 52. The van der Waals surface area contributed by atoms with Gasteiger partial charge < -0.3 is 45.1 Å². The SMILES string of the molecule is CC/C=C\C/C=C\C/C=C\C/C=C\C/C=C\C/C=C\CCCCCCCC(O)C(=O)NC(COC1OC(CO)C(O)C(O)C1OC(=O)CC/C=C\C/C=C\C/C=C\C/C=C\C/C=C\C/C=C\CC)C(O)/C=C/CCCCCCCCCCC. The molecule has 11 heteroatoms. The molecular weight excluding hydrogens is 1040 g/mol. The number of ether oxygens (including phenoxy) is 3. The zero-order valence-corrected chi connectivity index (χ0v) is 51.7. The first kappa shape index (κ1) is 76.3. The summed E-state index contributed by atoms with van der Waals surface area (Å²) in [6.45, 7) is 5.49. The maximum absolute atomic E-state index is 13.4. The zero-order valence-electron chi connectivity index (χ0n) is 51.7. The number of carbonyl (C=O) groups excluding carboxylic acids is 2. The van der Waals surface area contributed by atoms with Crippen molar-refractivity contribution in [1.29, 1.82) is 0 Å². The van der Waals surface area contributed by atoms with Gasteiger partial charge in [-0.2, -0.15) is 0 Å². The number of unbranched alkanes of at least 4 members (excludes halogenated alkanes) is 14. The molecule has 1 fully saturated rings. The fraction of sp³-hybridized carbons (Fsp3) is 0.611. The van der Waals surface area contributed by atoms with Crippen LogP contribution < -0.4 is 5.32 Å². The Morgan fingerprint density at radius 1 is 0.482 bits per heavy atom. The number of carbonyl (C=O) groups is 2. The van der Waals surface area contributed by atoms with E-state index in [2.05, 4.69) is 160 Å². The highest BCUT2D eigenvalue weighted by Gasteiger charge is 2.47. The third kappa shape index (κ3) is 45.3. The van der Waals surface area contributed by atoms with E-state index in [-0.39, 0.29) is 19.4 Å². The highest BCUT2D eigenvalue weighted by atomic mass is 16.7. The summed E-state index contributed by atoms with van der Waals surface area (Å²) < 4.78 is 17.5. The van der Waals surface area contributed by atoms with E-state index in [1.165, 1.54) is 38.5 Å². The highest BCUT2D eigenvalue weighted by molar-refractivity contribution is 5.80. The minimum atomic E-state index is -1.66. The summed E-state index contributed by atoms with van der Waals surface area (Å²) in [7, 11) is 0. The van der Waals surface area contributed by atoms with Gasteiger partial charge in [0.1, 0.15) is 24.4 Å². The van der Waals surface area contributed by atoms with Crippen molar-refractivity contribution in [3.63, 3.8) is 0 Å². The summed E-state index contributed by atoms with van der Waals surface area (Å²) in [5.74, 6) is -1.31. The van der Waals surface area contributed by atoms with Crippen molar-refractivity contribution in [2.45, 2.75) is 269 Å². The molecule has 1 aliphatic heterocycles. The van der Waals surface area contributed by atoms with Crippen molar-refractivity contribution in [3.8, 4) is 0 Å². The standard InChI is InChI=1S/C72H115NO10/c1-4-7-10-13-16-19-22-24-26-28-30-31-32-33-34-36-37-39-41-44-47-50-53-56-59-65(76)71(80)73-63(64(75)58-55-52-49-46-43-21-18-15-12-9-6-3)62-81-72-70(69(79)68(78)66(61-74)82-72)83-67(77)60-57-54-51-48-45-42-40-38-35-29-27-25-23-20-17-14-11-8-5-2/h7-8,10-11,16-17,19-20,24-27,30-31,33-35,37-39,42,45,51,54-55,58,63-66,68-70,72,74-76,78-79H,4-6,9,12-15,18,21-23,28-29,32,36,40-41,43-44,46-50,52-53,56-57,59-62H2,1-3H3,(H,73,80)/b10-7-,11-8-,19-16-,20-17-,26-24-,27-25-,31-30-,34-33-,38-35-,39-37-,45-42-,54-51-,58-55+. The minimum Gasteiger partial charge on any atom is -0.454 e. The van der Waals surface area contributed by atoms with E-state index in [1.807, 2.05) is 18.2 Å². The van der Waals surface area contributed by atoms with Gasteiger partial charge in [0.05, 0.1) is 25.4 Å². The van der Waals surface area contributed by atoms with E-state index >= 15 is 0 Å². The lowest BCUT2D eigenvalue weighted by atomic mass is 9.99. The van der Waals surface area contributed by atoms with Crippen LogP contribution in [-0.2, 0) is 23.8 Å². The molecule has 0 bridgehead atoms. The molecule has 11 nitrogen and oxygen atoms in total. The normalized spacial score (nSPS) is 19.6.